The Morgan fingerprint density at radius 3 is 2.88 bits per heavy atom. The van der Waals surface area contributed by atoms with Crippen LogP contribution >= 0.6 is 0 Å². The molecule has 8 heteroatoms. The zero-order chi connectivity index (χ0) is 17.9. The third-order valence-electron chi connectivity index (χ3n) is 3.81. The van der Waals surface area contributed by atoms with Gasteiger partial charge < -0.3 is 14.5 Å². The molecule has 0 bridgehead atoms. The molecule has 1 aromatic heterocycles. The standard InChI is InChI=1S/C16H24N4O4/c1-16(2,3)24-15(21)19-10-6-7-12(19)11-18(4)14-13(20(22)23)8-5-9-17-14/h5,8-9,12H,6-7,10-11H2,1-4H3/t12-/m0/s1. The Kier molecular flexibility index (Phi) is 5.26. The van der Waals surface area contributed by atoms with Crippen molar-refractivity contribution in [2.45, 2.75) is 45.3 Å². The molecule has 1 saturated heterocycles. The summed E-state index contributed by atoms with van der Waals surface area (Å²) in [6.45, 7) is 6.60. The van der Waals surface area contributed by atoms with Crippen LogP contribution in [-0.4, -0.2) is 52.7 Å². The highest BCUT2D eigenvalue weighted by molar-refractivity contribution is 5.69. The zero-order valence-electron chi connectivity index (χ0n) is 14.6. The fraction of sp³-hybridized carbons (Fsp3) is 0.625. The molecule has 0 saturated carbocycles. The molecule has 1 aliphatic heterocycles. The molecule has 1 fully saturated rings. The van der Waals surface area contributed by atoms with Gasteiger partial charge >= 0.3 is 11.8 Å². The van der Waals surface area contributed by atoms with E-state index in [9.17, 15) is 14.9 Å². The molecular formula is C16H24N4O4. The lowest BCUT2D eigenvalue weighted by Crippen LogP contribution is -2.44. The smallest absolute Gasteiger partial charge is 0.410 e. The van der Waals surface area contributed by atoms with Gasteiger partial charge in [0.15, 0.2) is 0 Å². The first-order valence-electron chi connectivity index (χ1n) is 7.99. The summed E-state index contributed by atoms with van der Waals surface area (Å²) in [5.74, 6) is 0.304. The second-order valence-corrected chi connectivity index (χ2v) is 6.95. The molecule has 0 spiro atoms. The quantitative estimate of drug-likeness (QED) is 0.620. The van der Waals surface area contributed by atoms with E-state index < -0.39 is 10.5 Å². The summed E-state index contributed by atoms with van der Waals surface area (Å²) in [4.78, 5) is 30.6. The summed E-state index contributed by atoms with van der Waals surface area (Å²) in [6.07, 6.45) is 2.92. The molecule has 1 atom stereocenters. The van der Waals surface area contributed by atoms with E-state index >= 15 is 0 Å². The second-order valence-electron chi connectivity index (χ2n) is 6.95. The van der Waals surface area contributed by atoms with Crippen LogP contribution < -0.4 is 4.90 Å². The summed E-state index contributed by atoms with van der Waals surface area (Å²) < 4.78 is 5.45. The number of carbonyl (C=O) groups is 1. The third-order valence-corrected chi connectivity index (χ3v) is 3.81. The van der Waals surface area contributed by atoms with Crippen LogP contribution in [0.4, 0.5) is 16.3 Å². The van der Waals surface area contributed by atoms with E-state index in [1.165, 1.54) is 18.3 Å². The Labute approximate surface area is 141 Å². The SMILES string of the molecule is CN(C[C@@H]1CCCN1C(=O)OC(C)(C)C)c1ncccc1[N+](=O)[O-]. The Morgan fingerprint density at radius 1 is 1.54 bits per heavy atom. The number of carbonyl (C=O) groups excluding carboxylic acids is 1. The van der Waals surface area contributed by atoms with Gasteiger partial charge in [-0.15, -0.1) is 0 Å². The highest BCUT2D eigenvalue weighted by Crippen LogP contribution is 2.27. The summed E-state index contributed by atoms with van der Waals surface area (Å²) in [5.41, 5.74) is -0.586. The number of rotatable bonds is 4. The van der Waals surface area contributed by atoms with Crippen molar-refractivity contribution in [2.24, 2.45) is 0 Å². The monoisotopic (exact) mass is 336 g/mol. The molecule has 1 amide bonds. The number of likely N-dealkylation sites (N-methyl/N-ethyl adjacent to an activating group) is 1. The second kappa shape index (κ2) is 7.02. The van der Waals surface area contributed by atoms with Gasteiger partial charge in [0.25, 0.3) is 0 Å². The number of likely N-dealkylation sites (tertiary alicyclic amines) is 1. The van der Waals surface area contributed by atoms with Crippen LogP contribution in [0, 0.1) is 10.1 Å². The van der Waals surface area contributed by atoms with Crippen LogP contribution in [-0.2, 0) is 4.74 Å². The van der Waals surface area contributed by atoms with E-state index in [1.807, 2.05) is 20.8 Å². The Hall–Kier alpha value is -2.38. The number of ether oxygens (including phenoxy) is 1. The molecular weight excluding hydrogens is 312 g/mol. The number of nitrogens with zero attached hydrogens (tertiary/aromatic N) is 4. The number of aromatic nitrogens is 1. The number of hydrogen-bond donors (Lipinski definition) is 0. The molecule has 0 unspecified atom stereocenters. The summed E-state index contributed by atoms with van der Waals surface area (Å²) in [6, 6.07) is 2.92. The van der Waals surface area contributed by atoms with Gasteiger partial charge in [0.05, 0.1) is 11.0 Å². The van der Waals surface area contributed by atoms with Gasteiger partial charge in [0, 0.05) is 32.4 Å². The minimum Gasteiger partial charge on any atom is -0.444 e. The molecule has 0 radical (unpaired) electrons. The maximum atomic E-state index is 12.3. The first kappa shape index (κ1) is 18.0. The lowest BCUT2D eigenvalue weighted by atomic mass is 10.2. The van der Waals surface area contributed by atoms with Gasteiger partial charge in [-0.1, -0.05) is 0 Å². The van der Waals surface area contributed by atoms with Crippen molar-refractivity contribution >= 4 is 17.6 Å². The molecule has 24 heavy (non-hydrogen) atoms. The van der Waals surface area contributed by atoms with Gasteiger partial charge in [0.2, 0.25) is 5.82 Å². The van der Waals surface area contributed by atoms with Crippen molar-refractivity contribution in [2.75, 3.05) is 25.0 Å². The summed E-state index contributed by atoms with van der Waals surface area (Å²) in [5, 5.41) is 11.1. The molecule has 0 N–H and O–H groups in total. The van der Waals surface area contributed by atoms with E-state index in [4.69, 9.17) is 4.74 Å². The molecule has 0 aliphatic carbocycles. The summed E-state index contributed by atoms with van der Waals surface area (Å²) in [7, 11) is 1.75. The number of nitro groups is 1. The highest BCUT2D eigenvalue weighted by Gasteiger charge is 2.33. The molecule has 8 nitrogen and oxygen atoms in total. The first-order valence-corrected chi connectivity index (χ1v) is 7.99. The van der Waals surface area contributed by atoms with Gasteiger partial charge in [-0.3, -0.25) is 10.1 Å². The van der Waals surface area contributed by atoms with Gasteiger partial charge in [-0.25, -0.2) is 9.78 Å². The maximum Gasteiger partial charge on any atom is 0.410 e. The maximum absolute atomic E-state index is 12.3. The normalized spacial score (nSPS) is 17.7. The minimum atomic E-state index is -0.546. The van der Waals surface area contributed by atoms with Gasteiger partial charge in [0.1, 0.15) is 5.60 Å². The molecule has 132 valence electrons. The molecule has 0 aromatic carbocycles. The van der Waals surface area contributed by atoms with Crippen LogP contribution in [0.25, 0.3) is 0 Å². The Balaban J connectivity index is 2.09. The van der Waals surface area contributed by atoms with Crippen molar-refractivity contribution in [1.82, 2.24) is 9.88 Å². The third kappa shape index (κ3) is 4.33. The van der Waals surface area contributed by atoms with Crippen LogP contribution in [0.1, 0.15) is 33.6 Å². The summed E-state index contributed by atoms with van der Waals surface area (Å²) >= 11 is 0. The van der Waals surface area contributed by atoms with E-state index in [1.54, 1.807) is 16.8 Å². The average molecular weight is 336 g/mol. The van der Waals surface area contributed by atoms with Crippen molar-refractivity contribution in [3.05, 3.63) is 28.4 Å². The largest absolute Gasteiger partial charge is 0.444 e. The van der Waals surface area contributed by atoms with Crippen LogP contribution in [0.15, 0.2) is 18.3 Å². The predicted octanol–water partition coefficient (Wildman–Crippen LogP) is 2.83. The predicted molar refractivity (Wildman–Crippen MR) is 90.1 cm³/mol. The van der Waals surface area contributed by atoms with Crippen LogP contribution in [0.2, 0.25) is 0 Å². The van der Waals surface area contributed by atoms with Crippen LogP contribution in [0.3, 0.4) is 0 Å². The molecule has 2 rings (SSSR count). The number of hydrogen-bond acceptors (Lipinski definition) is 6. The first-order chi connectivity index (χ1) is 11.2. The number of anilines is 1. The van der Waals surface area contributed by atoms with E-state index in [-0.39, 0.29) is 17.8 Å². The molecule has 1 aliphatic rings. The van der Waals surface area contributed by atoms with Gasteiger partial charge in [-0.2, -0.15) is 0 Å². The van der Waals surface area contributed by atoms with Gasteiger partial charge in [-0.05, 0) is 39.7 Å². The van der Waals surface area contributed by atoms with Crippen molar-refractivity contribution in [3.8, 4) is 0 Å². The van der Waals surface area contributed by atoms with E-state index in [0.29, 0.717) is 18.9 Å². The number of pyridine rings is 1. The van der Waals surface area contributed by atoms with Crippen molar-refractivity contribution < 1.29 is 14.5 Å². The van der Waals surface area contributed by atoms with E-state index in [2.05, 4.69) is 4.98 Å². The Bertz CT molecular complexity index is 614. The zero-order valence-corrected chi connectivity index (χ0v) is 14.6. The molecule has 2 heterocycles. The van der Waals surface area contributed by atoms with Crippen molar-refractivity contribution in [3.63, 3.8) is 0 Å². The van der Waals surface area contributed by atoms with Crippen LogP contribution in [0.5, 0.6) is 0 Å². The molecule has 1 aromatic rings. The minimum absolute atomic E-state index is 0.0400. The highest BCUT2D eigenvalue weighted by atomic mass is 16.6. The fourth-order valence-electron chi connectivity index (χ4n) is 2.81. The number of amides is 1. The lowest BCUT2D eigenvalue weighted by Gasteiger charge is -2.31. The lowest BCUT2D eigenvalue weighted by molar-refractivity contribution is -0.384. The van der Waals surface area contributed by atoms with E-state index in [0.717, 1.165) is 12.8 Å². The topological polar surface area (TPSA) is 88.8 Å². The average Bonchev–Trinajstić information content (AvgIpc) is 2.93. The Morgan fingerprint density at radius 2 is 2.25 bits per heavy atom. The van der Waals surface area contributed by atoms with Crippen molar-refractivity contribution in [1.29, 1.82) is 0 Å². The fourth-order valence-corrected chi connectivity index (χ4v) is 2.81.